The van der Waals surface area contributed by atoms with Crippen LogP contribution in [0.5, 0.6) is 0 Å². The summed E-state index contributed by atoms with van der Waals surface area (Å²) >= 11 is 0. The summed E-state index contributed by atoms with van der Waals surface area (Å²) in [7, 11) is 0. The lowest BCUT2D eigenvalue weighted by Gasteiger charge is -2.31. The molecule has 1 rings (SSSR count). The van der Waals surface area contributed by atoms with E-state index in [-0.39, 0.29) is 5.41 Å². The third kappa shape index (κ3) is 1.19. The molecule has 0 bridgehead atoms. The Labute approximate surface area is 75.5 Å². The maximum Gasteiger partial charge on any atom is 0.139 e. The van der Waals surface area contributed by atoms with E-state index in [0.717, 1.165) is 25.7 Å². The van der Waals surface area contributed by atoms with Gasteiger partial charge in [0.2, 0.25) is 0 Å². The lowest BCUT2D eigenvalue weighted by molar-refractivity contribution is -0.127. The maximum absolute atomic E-state index is 11.7. The minimum Gasteiger partial charge on any atom is -0.299 e. The largest absolute Gasteiger partial charge is 0.299 e. The molecule has 1 unspecified atom stereocenters. The zero-order valence-corrected chi connectivity index (χ0v) is 8.52. The van der Waals surface area contributed by atoms with Gasteiger partial charge in [0.1, 0.15) is 5.78 Å². The normalized spacial score (nSPS) is 27.9. The highest BCUT2D eigenvalue weighted by Gasteiger charge is 2.45. The molecular formula is C11H20O. The molecule has 0 spiro atoms. The first kappa shape index (κ1) is 9.76. The lowest BCUT2D eigenvalue weighted by Crippen LogP contribution is -2.30. The van der Waals surface area contributed by atoms with Crippen molar-refractivity contribution in [3.8, 4) is 0 Å². The summed E-state index contributed by atoms with van der Waals surface area (Å²) in [6, 6.07) is 0. The van der Waals surface area contributed by atoms with Gasteiger partial charge in [-0.25, -0.2) is 0 Å². The number of carbonyl (C=O) groups excluding carboxylic acids is 1. The van der Waals surface area contributed by atoms with E-state index in [1.54, 1.807) is 0 Å². The molecule has 1 heteroatoms. The summed E-state index contributed by atoms with van der Waals surface area (Å²) in [6.07, 6.45) is 5.23. The second-order valence-electron chi connectivity index (χ2n) is 3.93. The second kappa shape index (κ2) is 3.59. The van der Waals surface area contributed by atoms with Crippen LogP contribution in [0.4, 0.5) is 0 Å². The fourth-order valence-electron chi connectivity index (χ4n) is 2.87. The smallest absolute Gasteiger partial charge is 0.139 e. The van der Waals surface area contributed by atoms with Gasteiger partial charge in [0, 0.05) is 11.8 Å². The number of rotatable bonds is 3. The van der Waals surface area contributed by atoms with Gasteiger partial charge in [-0.3, -0.25) is 4.79 Å². The van der Waals surface area contributed by atoms with Gasteiger partial charge in [-0.1, -0.05) is 27.2 Å². The Kier molecular flexibility index (Phi) is 2.92. The van der Waals surface area contributed by atoms with Crippen LogP contribution in [0.1, 0.15) is 52.9 Å². The molecule has 0 aliphatic heterocycles. The third-order valence-electron chi connectivity index (χ3n) is 3.81. The first-order chi connectivity index (χ1) is 5.71. The Morgan fingerprint density at radius 3 is 2.25 bits per heavy atom. The van der Waals surface area contributed by atoms with Gasteiger partial charge in [-0.15, -0.1) is 0 Å². The van der Waals surface area contributed by atoms with Gasteiger partial charge in [-0.05, 0) is 25.2 Å². The van der Waals surface area contributed by atoms with Crippen molar-refractivity contribution in [3.63, 3.8) is 0 Å². The Balaban J connectivity index is 2.86. The van der Waals surface area contributed by atoms with Crippen LogP contribution >= 0.6 is 0 Å². The first-order valence-corrected chi connectivity index (χ1v) is 5.24. The van der Waals surface area contributed by atoms with E-state index in [1.165, 1.54) is 6.42 Å². The van der Waals surface area contributed by atoms with Gasteiger partial charge >= 0.3 is 0 Å². The number of hydrogen-bond acceptors (Lipinski definition) is 1. The molecule has 1 nitrogen and oxygen atoms in total. The molecule has 1 atom stereocenters. The van der Waals surface area contributed by atoms with Crippen LogP contribution < -0.4 is 0 Å². The fourth-order valence-corrected chi connectivity index (χ4v) is 2.87. The van der Waals surface area contributed by atoms with Crippen molar-refractivity contribution in [1.29, 1.82) is 0 Å². The van der Waals surface area contributed by atoms with Crippen LogP contribution in [0.15, 0.2) is 0 Å². The monoisotopic (exact) mass is 168 g/mol. The van der Waals surface area contributed by atoms with Gasteiger partial charge in [-0.2, -0.15) is 0 Å². The fraction of sp³-hybridized carbons (Fsp3) is 0.909. The Bertz CT molecular complexity index is 168. The average Bonchev–Trinajstić information content (AvgIpc) is 2.42. The Morgan fingerprint density at radius 1 is 1.33 bits per heavy atom. The molecule has 0 N–H and O–H groups in total. The van der Waals surface area contributed by atoms with Crippen LogP contribution in [-0.2, 0) is 4.79 Å². The molecule has 70 valence electrons. The van der Waals surface area contributed by atoms with E-state index in [1.807, 2.05) is 0 Å². The molecule has 1 fully saturated rings. The van der Waals surface area contributed by atoms with Crippen LogP contribution in [0, 0.1) is 11.3 Å². The Hall–Kier alpha value is -0.330. The SMILES string of the molecule is CCC1CCC(=O)C1(CC)CC. The highest BCUT2D eigenvalue weighted by atomic mass is 16.1. The highest BCUT2D eigenvalue weighted by molar-refractivity contribution is 5.87. The van der Waals surface area contributed by atoms with Crippen molar-refractivity contribution in [2.45, 2.75) is 52.9 Å². The van der Waals surface area contributed by atoms with E-state index < -0.39 is 0 Å². The van der Waals surface area contributed by atoms with Crippen molar-refractivity contribution in [2.24, 2.45) is 11.3 Å². The molecule has 1 aliphatic carbocycles. The minimum atomic E-state index is 0.0642. The molecule has 0 heterocycles. The zero-order valence-electron chi connectivity index (χ0n) is 8.52. The number of hydrogen-bond donors (Lipinski definition) is 0. The van der Waals surface area contributed by atoms with Gasteiger partial charge in [0.25, 0.3) is 0 Å². The van der Waals surface area contributed by atoms with Crippen LogP contribution in [0.2, 0.25) is 0 Å². The molecule has 0 radical (unpaired) electrons. The van der Waals surface area contributed by atoms with Gasteiger partial charge < -0.3 is 0 Å². The number of carbonyl (C=O) groups is 1. The number of ketones is 1. The van der Waals surface area contributed by atoms with Crippen molar-refractivity contribution in [1.82, 2.24) is 0 Å². The summed E-state index contributed by atoms with van der Waals surface area (Å²) in [6.45, 7) is 6.54. The number of Topliss-reactive ketones (excluding diaryl/α,β-unsaturated/α-hetero) is 1. The van der Waals surface area contributed by atoms with E-state index in [2.05, 4.69) is 20.8 Å². The van der Waals surface area contributed by atoms with Crippen LogP contribution in [0.3, 0.4) is 0 Å². The van der Waals surface area contributed by atoms with Crippen molar-refractivity contribution in [3.05, 3.63) is 0 Å². The minimum absolute atomic E-state index is 0.0642. The Morgan fingerprint density at radius 2 is 1.92 bits per heavy atom. The van der Waals surface area contributed by atoms with Crippen LogP contribution in [-0.4, -0.2) is 5.78 Å². The second-order valence-corrected chi connectivity index (χ2v) is 3.93. The van der Waals surface area contributed by atoms with Crippen molar-refractivity contribution in [2.75, 3.05) is 0 Å². The van der Waals surface area contributed by atoms with E-state index in [4.69, 9.17) is 0 Å². The molecule has 0 aromatic rings. The summed E-state index contributed by atoms with van der Waals surface area (Å²) in [5.74, 6) is 1.19. The molecule has 1 saturated carbocycles. The predicted octanol–water partition coefficient (Wildman–Crippen LogP) is 3.18. The van der Waals surface area contributed by atoms with Crippen molar-refractivity contribution >= 4 is 5.78 Å². The third-order valence-corrected chi connectivity index (χ3v) is 3.81. The predicted molar refractivity (Wildman–Crippen MR) is 51.0 cm³/mol. The standard InChI is InChI=1S/C11H20O/c1-4-9-7-8-10(12)11(9,5-2)6-3/h9H,4-8H2,1-3H3. The van der Waals surface area contributed by atoms with Crippen LogP contribution in [0.25, 0.3) is 0 Å². The molecule has 0 saturated heterocycles. The van der Waals surface area contributed by atoms with E-state index in [0.29, 0.717) is 11.7 Å². The highest BCUT2D eigenvalue weighted by Crippen LogP contribution is 2.47. The van der Waals surface area contributed by atoms with Gasteiger partial charge in [0.05, 0.1) is 0 Å². The zero-order chi connectivity index (χ0) is 9.19. The summed E-state index contributed by atoms with van der Waals surface area (Å²) in [5.41, 5.74) is 0.0642. The summed E-state index contributed by atoms with van der Waals surface area (Å²) < 4.78 is 0. The molecule has 0 amide bonds. The molecule has 1 aliphatic rings. The van der Waals surface area contributed by atoms with Gasteiger partial charge in [0.15, 0.2) is 0 Å². The molecule has 0 aromatic heterocycles. The molecular weight excluding hydrogens is 148 g/mol. The van der Waals surface area contributed by atoms with E-state index >= 15 is 0 Å². The summed E-state index contributed by atoms with van der Waals surface area (Å²) in [5, 5.41) is 0. The average molecular weight is 168 g/mol. The molecule has 12 heavy (non-hydrogen) atoms. The quantitative estimate of drug-likeness (QED) is 0.632. The maximum atomic E-state index is 11.7. The topological polar surface area (TPSA) is 17.1 Å². The van der Waals surface area contributed by atoms with Crippen molar-refractivity contribution < 1.29 is 4.79 Å². The molecule has 0 aromatic carbocycles. The summed E-state index contributed by atoms with van der Waals surface area (Å²) in [4.78, 5) is 11.7. The van der Waals surface area contributed by atoms with E-state index in [9.17, 15) is 4.79 Å². The first-order valence-electron chi connectivity index (χ1n) is 5.24. The lowest BCUT2D eigenvalue weighted by atomic mass is 9.72.